The fourth-order valence-corrected chi connectivity index (χ4v) is 3.65. The number of pyridine rings is 1. The molecule has 2 atom stereocenters. The van der Waals surface area contributed by atoms with Crippen LogP contribution in [0.25, 0.3) is 0 Å². The summed E-state index contributed by atoms with van der Waals surface area (Å²) in [6.45, 7) is 4.22. The van der Waals surface area contributed by atoms with E-state index in [4.69, 9.17) is 10.5 Å². The van der Waals surface area contributed by atoms with Gasteiger partial charge in [0.1, 0.15) is 10.0 Å². The molecule has 0 radical (unpaired) electrons. The molecule has 0 aromatic carbocycles. The molecule has 1 fully saturated rings. The molecule has 4 rings (SSSR count). The van der Waals surface area contributed by atoms with E-state index >= 15 is 0 Å². The lowest BCUT2D eigenvalue weighted by Crippen LogP contribution is -2.10. The van der Waals surface area contributed by atoms with Gasteiger partial charge in [0, 0.05) is 30.1 Å². The lowest BCUT2D eigenvalue weighted by atomic mass is 10.2. The molecule has 27 heavy (non-hydrogen) atoms. The number of ether oxygens (including phenoxy) is 1. The molecule has 3 aromatic heterocycles. The molecule has 3 heterocycles. The van der Waals surface area contributed by atoms with Crippen LogP contribution in [-0.2, 0) is 6.42 Å². The predicted molar refractivity (Wildman–Crippen MR) is 99.2 cm³/mol. The van der Waals surface area contributed by atoms with Crippen LogP contribution in [0, 0.1) is 25.6 Å². The third kappa shape index (κ3) is 4.02. The van der Waals surface area contributed by atoms with E-state index in [0.717, 1.165) is 22.7 Å². The Kier molecular flexibility index (Phi) is 4.69. The number of aromatic nitrogens is 5. The van der Waals surface area contributed by atoms with Crippen LogP contribution in [0.5, 0.6) is 5.88 Å². The fraction of sp³-hybridized carbons (Fsp3) is 0.389. The molecule has 0 saturated heterocycles. The van der Waals surface area contributed by atoms with Crippen molar-refractivity contribution in [3.63, 3.8) is 0 Å². The van der Waals surface area contributed by atoms with Crippen LogP contribution >= 0.6 is 11.3 Å². The second kappa shape index (κ2) is 7.15. The van der Waals surface area contributed by atoms with Crippen LogP contribution in [0.4, 0.5) is 10.3 Å². The first-order valence-corrected chi connectivity index (χ1v) is 9.47. The van der Waals surface area contributed by atoms with Gasteiger partial charge in [-0.2, -0.15) is 9.37 Å². The van der Waals surface area contributed by atoms with E-state index in [9.17, 15) is 4.39 Å². The first kappa shape index (κ1) is 17.7. The second-order valence-corrected chi connectivity index (χ2v) is 7.98. The molecular formula is C18H19FN6OS. The average Bonchev–Trinajstić information content (AvgIpc) is 3.30. The Balaban J connectivity index is 1.42. The molecule has 140 valence electrons. The molecule has 2 N–H and O–H groups in total. The summed E-state index contributed by atoms with van der Waals surface area (Å²) >= 11 is 1.39. The number of halogens is 1. The number of hydrogen-bond donors (Lipinski definition) is 1. The highest BCUT2D eigenvalue weighted by atomic mass is 32.1. The topological polar surface area (TPSA) is 99.7 Å². The summed E-state index contributed by atoms with van der Waals surface area (Å²) in [6, 6.07) is 4.08. The van der Waals surface area contributed by atoms with Gasteiger partial charge in [0.2, 0.25) is 11.8 Å². The van der Waals surface area contributed by atoms with E-state index in [1.54, 1.807) is 0 Å². The van der Waals surface area contributed by atoms with Gasteiger partial charge in [-0.3, -0.25) is 4.98 Å². The van der Waals surface area contributed by atoms with Gasteiger partial charge in [0.15, 0.2) is 0 Å². The number of hydrogen-bond acceptors (Lipinski definition) is 8. The average molecular weight is 386 g/mol. The van der Waals surface area contributed by atoms with Crippen LogP contribution in [-0.4, -0.2) is 31.8 Å². The Bertz CT molecular complexity index is 961. The zero-order valence-electron chi connectivity index (χ0n) is 15.0. The summed E-state index contributed by atoms with van der Waals surface area (Å²) in [5.41, 5.74) is 8.07. The molecule has 1 aliphatic rings. The Morgan fingerprint density at radius 3 is 2.81 bits per heavy atom. The highest BCUT2D eigenvalue weighted by Crippen LogP contribution is 2.46. The quantitative estimate of drug-likeness (QED) is 0.695. The maximum atomic E-state index is 14.7. The summed E-state index contributed by atoms with van der Waals surface area (Å²) in [7, 11) is 0. The van der Waals surface area contributed by atoms with E-state index in [-0.39, 0.29) is 23.9 Å². The summed E-state index contributed by atoms with van der Waals surface area (Å²) in [4.78, 5) is 12.4. The summed E-state index contributed by atoms with van der Waals surface area (Å²) in [5.74, 6) is -0.0825. The van der Waals surface area contributed by atoms with Crippen molar-refractivity contribution in [3.05, 3.63) is 51.1 Å². The third-order valence-electron chi connectivity index (χ3n) is 4.46. The van der Waals surface area contributed by atoms with Crippen LogP contribution in [0.2, 0.25) is 0 Å². The summed E-state index contributed by atoms with van der Waals surface area (Å²) in [6.07, 6.45) is 3.03. The minimum atomic E-state index is -0.595. The van der Waals surface area contributed by atoms with Gasteiger partial charge < -0.3 is 10.5 Å². The SMILES string of the molecule is Cc1ccc(C2CC2COc2nc(N)nc(Cc3nnc(C)s3)c2F)nc1. The van der Waals surface area contributed by atoms with Crippen LogP contribution in [0.15, 0.2) is 18.3 Å². The molecule has 0 spiro atoms. The maximum Gasteiger partial charge on any atom is 0.255 e. The number of aryl methyl sites for hydroxylation is 2. The molecule has 0 amide bonds. The van der Waals surface area contributed by atoms with Crippen LogP contribution in [0.1, 0.15) is 39.3 Å². The van der Waals surface area contributed by atoms with Crippen LogP contribution in [0.3, 0.4) is 0 Å². The van der Waals surface area contributed by atoms with Crippen molar-refractivity contribution in [2.75, 3.05) is 12.3 Å². The number of anilines is 1. The van der Waals surface area contributed by atoms with Gasteiger partial charge in [-0.25, -0.2) is 4.98 Å². The lowest BCUT2D eigenvalue weighted by Gasteiger charge is -2.09. The van der Waals surface area contributed by atoms with Crippen molar-refractivity contribution in [1.29, 1.82) is 0 Å². The van der Waals surface area contributed by atoms with E-state index < -0.39 is 5.82 Å². The highest BCUT2D eigenvalue weighted by molar-refractivity contribution is 7.11. The minimum Gasteiger partial charge on any atom is -0.475 e. The van der Waals surface area contributed by atoms with Gasteiger partial charge in [0.25, 0.3) is 5.88 Å². The van der Waals surface area contributed by atoms with Crippen LogP contribution < -0.4 is 10.5 Å². The fourth-order valence-electron chi connectivity index (χ4n) is 2.93. The standard InChI is InChI=1S/C18H19FN6OS/c1-9-3-4-13(21-7-9)12-5-11(12)8-26-17-16(19)14(22-18(20)23-17)6-15-25-24-10(2)27-15/h3-4,7,11-12H,5-6,8H2,1-2H3,(H2,20,22,23). The summed E-state index contributed by atoms with van der Waals surface area (Å²) in [5, 5.41) is 9.41. The highest BCUT2D eigenvalue weighted by Gasteiger charge is 2.40. The van der Waals surface area contributed by atoms with Crippen molar-refractivity contribution in [1.82, 2.24) is 25.1 Å². The van der Waals surface area contributed by atoms with Crippen molar-refractivity contribution >= 4 is 17.3 Å². The first-order chi connectivity index (χ1) is 13.0. The van der Waals surface area contributed by atoms with Gasteiger partial charge >= 0.3 is 0 Å². The number of nitrogens with two attached hydrogens (primary N) is 1. The number of nitrogens with zero attached hydrogens (tertiary/aromatic N) is 5. The Morgan fingerprint density at radius 1 is 1.26 bits per heavy atom. The van der Waals surface area contributed by atoms with Crippen molar-refractivity contribution < 1.29 is 9.13 Å². The monoisotopic (exact) mass is 386 g/mol. The Labute approximate surface area is 159 Å². The molecule has 3 aromatic rings. The molecule has 0 bridgehead atoms. The van der Waals surface area contributed by atoms with E-state index in [2.05, 4.69) is 25.1 Å². The zero-order valence-corrected chi connectivity index (χ0v) is 15.8. The minimum absolute atomic E-state index is 0.0183. The van der Waals surface area contributed by atoms with E-state index in [1.165, 1.54) is 11.3 Å². The second-order valence-electron chi connectivity index (χ2n) is 6.71. The first-order valence-electron chi connectivity index (χ1n) is 8.66. The molecule has 7 nitrogen and oxygen atoms in total. The number of nitrogen functional groups attached to an aromatic ring is 1. The predicted octanol–water partition coefficient (Wildman–Crippen LogP) is 2.83. The normalized spacial score (nSPS) is 18.5. The van der Waals surface area contributed by atoms with Gasteiger partial charge in [0.05, 0.1) is 12.3 Å². The van der Waals surface area contributed by atoms with Gasteiger partial charge in [-0.05, 0) is 31.9 Å². The van der Waals surface area contributed by atoms with Crippen molar-refractivity contribution in [2.45, 2.75) is 32.6 Å². The zero-order chi connectivity index (χ0) is 19.0. The van der Waals surface area contributed by atoms with Gasteiger partial charge in [-0.1, -0.05) is 6.07 Å². The molecule has 9 heteroatoms. The molecular weight excluding hydrogens is 367 g/mol. The van der Waals surface area contributed by atoms with Crippen molar-refractivity contribution in [3.8, 4) is 5.88 Å². The Morgan fingerprint density at radius 2 is 2.11 bits per heavy atom. The molecule has 1 saturated carbocycles. The van der Waals surface area contributed by atoms with E-state index in [1.807, 2.05) is 32.2 Å². The number of rotatable bonds is 6. The van der Waals surface area contributed by atoms with Crippen molar-refractivity contribution in [2.24, 2.45) is 5.92 Å². The van der Waals surface area contributed by atoms with E-state index in [0.29, 0.717) is 23.5 Å². The lowest BCUT2D eigenvalue weighted by molar-refractivity contribution is 0.269. The third-order valence-corrected chi connectivity index (χ3v) is 5.30. The molecule has 2 unspecified atom stereocenters. The maximum absolute atomic E-state index is 14.7. The smallest absolute Gasteiger partial charge is 0.255 e. The largest absolute Gasteiger partial charge is 0.475 e. The molecule has 0 aliphatic heterocycles. The van der Waals surface area contributed by atoms with Gasteiger partial charge in [-0.15, -0.1) is 21.5 Å². The summed E-state index contributed by atoms with van der Waals surface area (Å²) < 4.78 is 20.4. The Hall–Kier alpha value is -2.68. The molecule has 1 aliphatic carbocycles.